The largest absolute Gasteiger partial charge is 0.493 e. The van der Waals surface area contributed by atoms with Gasteiger partial charge >= 0.3 is 23.9 Å². The first-order valence-corrected chi connectivity index (χ1v) is 40.0. The highest BCUT2D eigenvalue weighted by molar-refractivity contribution is 9.10. The molecular weight excluding hydrogens is 1670 g/mol. The molecule has 8 heterocycles. The first kappa shape index (κ1) is 81.6. The number of rotatable bonds is 19. The Morgan fingerprint density at radius 1 is 0.389 bits per heavy atom. The van der Waals surface area contributed by atoms with Crippen LogP contribution in [0.25, 0.3) is 89.9 Å². The van der Waals surface area contributed by atoms with Crippen molar-refractivity contribution in [3.8, 4) is 113 Å². The second-order valence-electron chi connectivity index (χ2n) is 29.1. The summed E-state index contributed by atoms with van der Waals surface area (Å²) in [6.45, 7) is 1.38. The van der Waals surface area contributed by atoms with E-state index in [1.165, 1.54) is 49.6 Å². The summed E-state index contributed by atoms with van der Waals surface area (Å²) in [6, 6.07) is 85.4. The van der Waals surface area contributed by atoms with Crippen LogP contribution in [0.5, 0.6) is 23.1 Å². The Labute approximate surface area is 726 Å². The summed E-state index contributed by atoms with van der Waals surface area (Å²) in [5.41, 5.74) is 16.4. The Balaban J connectivity index is 0.000000134. The van der Waals surface area contributed by atoms with Crippen molar-refractivity contribution in [2.75, 3.05) is 42.1 Å². The molecule has 0 aliphatic carbocycles. The van der Waals surface area contributed by atoms with E-state index in [0.717, 1.165) is 81.3 Å². The number of benzene rings is 11. The molecule has 126 heavy (non-hydrogen) atoms. The predicted molar refractivity (Wildman–Crippen MR) is 472 cm³/mol. The predicted octanol–water partition coefficient (Wildman–Crippen LogP) is 19.1. The number of fused-ring (bicyclic) bond motifs is 4. The summed E-state index contributed by atoms with van der Waals surface area (Å²) < 4.78 is 29.1. The molecule has 26 heteroatoms. The van der Waals surface area contributed by atoms with Gasteiger partial charge in [-0.05, 0) is 197 Å². The zero-order chi connectivity index (χ0) is 87.4. The van der Waals surface area contributed by atoms with Crippen molar-refractivity contribution in [1.82, 2.24) is 24.9 Å². The van der Waals surface area contributed by atoms with E-state index in [4.69, 9.17) is 38.6 Å². The molecule has 0 fully saturated rings. The maximum absolute atomic E-state index is 13.3. The van der Waals surface area contributed by atoms with Crippen LogP contribution >= 0.6 is 15.9 Å². The quantitative estimate of drug-likeness (QED) is 0.0500. The monoisotopic (exact) mass is 1730 g/mol. The number of esters is 1. The fourth-order valence-corrected chi connectivity index (χ4v) is 15.1. The third-order valence-corrected chi connectivity index (χ3v) is 21.8. The fourth-order valence-electron chi connectivity index (χ4n) is 14.9. The van der Waals surface area contributed by atoms with Crippen LogP contribution in [0.15, 0.2) is 308 Å². The number of hydrogen-bond acceptors (Lipinski definition) is 19. The van der Waals surface area contributed by atoms with E-state index in [9.17, 15) is 58.5 Å². The Morgan fingerprint density at radius 2 is 0.865 bits per heavy atom. The van der Waals surface area contributed by atoms with Gasteiger partial charge in [0.05, 0.1) is 105 Å². The summed E-state index contributed by atoms with van der Waals surface area (Å²) in [6.07, 6.45) is 3.46. The summed E-state index contributed by atoms with van der Waals surface area (Å²) in [5, 5.41) is 28.0. The Hall–Kier alpha value is -16.7. The van der Waals surface area contributed by atoms with Crippen LogP contribution in [-0.2, 0) is 17.9 Å². The average molecular weight is 1730 g/mol. The fraction of sp³-hybridized carbons (Fsp3) is 0.0600. The highest BCUT2D eigenvalue weighted by Crippen LogP contribution is 2.45. The van der Waals surface area contributed by atoms with Gasteiger partial charge in [-0.15, -0.1) is 0 Å². The number of ether oxygens (including phenoxy) is 5. The lowest BCUT2D eigenvalue weighted by molar-refractivity contribution is 0.0597. The van der Waals surface area contributed by atoms with Gasteiger partial charge in [0.1, 0.15) is 19.8 Å². The zero-order valence-electron chi connectivity index (χ0n) is 66.7. The molecule has 0 saturated carbocycles. The number of methoxy groups -OCH3 is 2. The second-order valence-corrected chi connectivity index (χ2v) is 30.0. The number of carbonyl (C=O) groups excluding carboxylic acids is 6. The number of pyridine rings is 3. The molecular formula is C100H67BrN8O17. The van der Waals surface area contributed by atoms with E-state index in [1.54, 1.807) is 109 Å². The summed E-state index contributed by atoms with van der Waals surface area (Å²) in [5.74, 6) is -3.59. The maximum atomic E-state index is 13.3. The smallest absolute Gasteiger partial charge is 0.337 e. The standard InChI is InChI=1S/C35H25BrN2O6.C34H23N3O7.C31H19N3O4/c1-42-31-17-24(18-32-33(31)44-12-11-43-32)23-15-29(20-5-8-26(36)9-6-20)37-30(16-23)21-3-2-4-27(14-21)38-19-25-13-22(35(40)41)7-10-28(25)34(38)39;1-43-34(42)23-9-7-20(8-10-23)19-44-29-18-28(35-30(36-29)22-5-3-2-4-6-22)21-11-14-25(15-12-21)37-31(38)26-16-13-24(33(40)41)17-27(26)32(37)39;35-29-25-10-9-22(31(37)38)16-26(25)30(36)34(29)24-8-4-7-21(15-24)28-18-23(19-11-13-32-14-12-19)17-27(33-28)20-5-2-1-3-6-20/h2-10,13-18H,11-12,19H2,1H3,(H,40,41);2-18H,19H2,1H3,(H,40,41);1-18H,(H,37,38). The third-order valence-electron chi connectivity index (χ3n) is 21.2. The van der Waals surface area contributed by atoms with Crippen molar-refractivity contribution in [3.05, 3.63) is 369 Å². The lowest BCUT2D eigenvalue weighted by atomic mass is 9.99. The van der Waals surface area contributed by atoms with Crippen molar-refractivity contribution >= 4 is 86.4 Å². The minimum Gasteiger partial charge on any atom is -0.493 e. The highest BCUT2D eigenvalue weighted by Gasteiger charge is 2.40. The molecule has 0 spiro atoms. The van der Waals surface area contributed by atoms with E-state index >= 15 is 0 Å². The van der Waals surface area contributed by atoms with Crippen molar-refractivity contribution < 1.29 is 82.2 Å². The van der Waals surface area contributed by atoms with Gasteiger partial charge in [0, 0.05) is 67.6 Å². The van der Waals surface area contributed by atoms with Crippen LogP contribution in [0.4, 0.5) is 17.1 Å². The molecule has 4 aliphatic rings. The van der Waals surface area contributed by atoms with Crippen LogP contribution in [0.2, 0.25) is 0 Å². The molecule has 0 atom stereocenters. The molecule has 3 N–H and O–H groups in total. The molecule has 0 bridgehead atoms. The van der Waals surface area contributed by atoms with Crippen molar-refractivity contribution in [2.24, 2.45) is 0 Å². The number of aromatic nitrogens is 5. The molecule has 0 saturated heterocycles. The normalized spacial score (nSPS) is 12.7. The van der Waals surface area contributed by atoms with Crippen molar-refractivity contribution in [3.63, 3.8) is 0 Å². The molecule has 15 aromatic rings. The molecule has 0 unspecified atom stereocenters. The van der Waals surface area contributed by atoms with Crippen LogP contribution in [-0.4, -0.2) is 121 Å². The summed E-state index contributed by atoms with van der Waals surface area (Å²) in [4.78, 5) is 139. The van der Waals surface area contributed by atoms with E-state index in [2.05, 4.69) is 25.9 Å². The van der Waals surface area contributed by atoms with Crippen LogP contribution < -0.4 is 33.6 Å². The van der Waals surface area contributed by atoms with Gasteiger partial charge in [-0.3, -0.25) is 29.0 Å². The molecule has 616 valence electrons. The Morgan fingerprint density at radius 3 is 1.44 bits per heavy atom. The molecule has 19 rings (SSSR count). The van der Waals surface area contributed by atoms with E-state index in [1.807, 2.05) is 164 Å². The van der Waals surface area contributed by atoms with Gasteiger partial charge < -0.3 is 43.9 Å². The number of carboxylic acids is 3. The summed E-state index contributed by atoms with van der Waals surface area (Å²) in [7, 11) is 2.93. The third kappa shape index (κ3) is 16.8. The van der Waals surface area contributed by atoms with Gasteiger partial charge in [-0.25, -0.2) is 43.9 Å². The van der Waals surface area contributed by atoms with Crippen molar-refractivity contribution in [1.29, 1.82) is 0 Å². The number of imide groups is 2. The van der Waals surface area contributed by atoms with Gasteiger partial charge in [0.25, 0.3) is 29.5 Å². The first-order chi connectivity index (χ1) is 61.2. The number of halogens is 1. The maximum Gasteiger partial charge on any atom is 0.337 e. The number of hydrogen-bond donors (Lipinski definition) is 3. The van der Waals surface area contributed by atoms with E-state index < -0.39 is 47.5 Å². The zero-order valence-corrected chi connectivity index (χ0v) is 68.3. The van der Waals surface area contributed by atoms with Crippen LogP contribution in [0.1, 0.15) is 104 Å². The number of anilines is 3. The SMILES string of the molecule is COC(=O)c1ccc(COc2cc(-c3ccc(N4C(=O)c5ccc(C(=O)O)cc5C4=O)cc3)nc(-c3ccccc3)n2)cc1.COc1cc(-c2cc(-c3ccc(Br)cc3)nc(-c3cccc(N4Cc5cc(C(=O)O)ccc5C4=O)c3)c2)cc2c1OCCO2.O=C(O)c1ccc2c(c1)C(=O)N(c1cccc(-c3cc(-c4ccncc4)cc(-c4ccccc4)n3)c1)C2=O. The van der Waals surface area contributed by atoms with Gasteiger partial charge in [0.15, 0.2) is 17.3 Å². The number of aromatic carboxylic acids is 3. The molecule has 4 aliphatic heterocycles. The van der Waals surface area contributed by atoms with Gasteiger partial charge in [-0.1, -0.05) is 137 Å². The van der Waals surface area contributed by atoms with Crippen molar-refractivity contribution in [2.45, 2.75) is 13.2 Å². The number of carbonyl (C=O) groups is 9. The van der Waals surface area contributed by atoms with Gasteiger partial charge in [0.2, 0.25) is 11.6 Å². The molecule has 4 aromatic heterocycles. The topological polar surface area (TPSA) is 335 Å². The van der Waals surface area contributed by atoms with Gasteiger partial charge in [-0.2, -0.15) is 4.98 Å². The minimum atomic E-state index is -1.18. The number of carboxylic acid groups (broad SMARTS) is 3. The van der Waals surface area contributed by atoms with E-state index in [-0.39, 0.29) is 58.0 Å². The number of nitrogens with zero attached hydrogens (tertiary/aromatic N) is 8. The second kappa shape index (κ2) is 35.1. The summed E-state index contributed by atoms with van der Waals surface area (Å²) >= 11 is 3.52. The Bertz CT molecular complexity index is 6850. The van der Waals surface area contributed by atoms with Crippen LogP contribution in [0, 0.1) is 0 Å². The Kier molecular flexibility index (Phi) is 22.8. The molecule has 5 amide bonds. The minimum absolute atomic E-state index is 0.0454. The number of amides is 5. The molecule has 25 nitrogen and oxygen atoms in total. The average Bonchev–Trinajstić information content (AvgIpc) is 1.57. The lowest BCUT2D eigenvalue weighted by Gasteiger charge is -2.22. The van der Waals surface area contributed by atoms with E-state index in [0.29, 0.717) is 98.6 Å². The molecule has 11 aromatic carbocycles. The lowest BCUT2D eigenvalue weighted by Crippen LogP contribution is -2.29. The van der Waals surface area contributed by atoms with Crippen LogP contribution in [0.3, 0.4) is 0 Å². The highest BCUT2D eigenvalue weighted by atomic mass is 79.9. The first-order valence-electron chi connectivity index (χ1n) is 39.2. The molecule has 0 radical (unpaired) electrons.